The number of hydrogen-bond donors (Lipinski definition) is 7. The van der Waals surface area contributed by atoms with Gasteiger partial charge in [-0.15, -0.1) is 20.4 Å². The van der Waals surface area contributed by atoms with Crippen molar-refractivity contribution >= 4 is 118 Å². The normalized spacial score (nSPS) is 10.7. The maximum Gasteiger partial charge on any atom is 0.222 e. The van der Waals surface area contributed by atoms with E-state index in [0.29, 0.717) is 92.4 Å². The monoisotopic (exact) mass is 1460 g/mol. The molecular formula is C59H44Br3Cl2F5N22. The van der Waals surface area contributed by atoms with Gasteiger partial charge in [-0.3, -0.25) is 13.8 Å². The number of nitrogens with zero attached hydrogens (tertiary/aromatic N) is 15. The second-order valence-corrected chi connectivity index (χ2v) is 21.7. The molecular weight excluding hydrogens is 1420 g/mol. The van der Waals surface area contributed by atoms with Crippen LogP contribution >= 0.6 is 71.0 Å². The predicted octanol–water partition coefficient (Wildman–Crippen LogP) is 13.2. The highest BCUT2D eigenvalue weighted by Gasteiger charge is 2.22. The lowest BCUT2D eigenvalue weighted by Gasteiger charge is -2.13. The third-order valence-electron chi connectivity index (χ3n) is 12.5. The Balaban J connectivity index is 0.000000136. The number of nitrogens with one attached hydrogen (secondary N) is 1. The standard InChI is InChI=1S/C18H15FN6.C11H7BrFN5.C10H6BrClFN3.C10H9BrFN5.C10H7ClFN3/c1-10-7-12(8-11(2)22-10)15-16(13-5-3-4-6-14(13)19)23-18(20)25-9-21-24-17(15)25;12-8-9(6-3-1-2-4-7(6)13)16-11(14)18-5-15-17-10(8)18;11-7-8(15-10(14)16-9(7)12)5-3-1-2-4-6(5)13;11-7-8(5-3-1-2-4-6(5)12)15-10(13)16-9(7)17-14;11-9-5-8(14-10(13)15-9)6-3-1-2-4-7(6)12/h3-9H,1-2H3,(H2,20,23);1-5H,(H2,14,16);1-4H,(H2,14,15,16);1-4H,14H2,(H3,13,15,16,17);1-5H,(H2,13,14,15). The van der Waals surface area contributed by atoms with Crippen molar-refractivity contribution in [2.75, 3.05) is 34.1 Å². The summed E-state index contributed by atoms with van der Waals surface area (Å²) in [4.78, 5) is 36.2. The Morgan fingerprint density at radius 3 is 1.30 bits per heavy atom. The van der Waals surface area contributed by atoms with Gasteiger partial charge in [-0.1, -0.05) is 83.9 Å². The van der Waals surface area contributed by atoms with Crippen LogP contribution in [-0.4, -0.2) is 74.1 Å². The van der Waals surface area contributed by atoms with E-state index in [1.807, 2.05) is 26.0 Å². The summed E-state index contributed by atoms with van der Waals surface area (Å²) in [6.07, 6.45) is 2.95. The molecule has 0 radical (unpaired) electrons. The van der Waals surface area contributed by atoms with E-state index in [2.05, 4.69) is 118 Å². The molecule has 13 N–H and O–H groups in total. The Morgan fingerprint density at radius 1 is 0.429 bits per heavy atom. The molecule has 91 heavy (non-hydrogen) atoms. The molecule has 0 aliphatic heterocycles. The van der Waals surface area contributed by atoms with Crippen molar-refractivity contribution in [2.24, 2.45) is 5.84 Å². The number of nitrogens with two attached hydrogens (primary N) is 6. The molecule has 5 aromatic carbocycles. The topological polar surface area (TPSA) is 345 Å². The van der Waals surface area contributed by atoms with E-state index in [-0.39, 0.29) is 57.5 Å². The fraction of sp³-hybridized carbons (Fsp3) is 0.0339. The highest BCUT2D eigenvalue weighted by molar-refractivity contribution is 9.11. The van der Waals surface area contributed by atoms with Crippen molar-refractivity contribution in [3.63, 3.8) is 0 Å². The van der Waals surface area contributed by atoms with Gasteiger partial charge in [0.15, 0.2) is 17.1 Å². The summed E-state index contributed by atoms with van der Waals surface area (Å²) >= 11 is 21.3. The molecule has 32 heteroatoms. The predicted molar refractivity (Wildman–Crippen MR) is 350 cm³/mol. The summed E-state index contributed by atoms with van der Waals surface area (Å²) in [7, 11) is 0. The number of hydrogen-bond acceptors (Lipinski definition) is 20. The Morgan fingerprint density at radius 2 is 0.824 bits per heavy atom. The molecule has 8 heterocycles. The van der Waals surface area contributed by atoms with Crippen molar-refractivity contribution in [1.29, 1.82) is 0 Å². The largest absolute Gasteiger partial charge is 0.369 e. The minimum Gasteiger partial charge on any atom is -0.369 e. The number of pyridine rings is 1. The molecule has 0 aliphatic rings. The number of anilines is 6. The molecule has 0 saturated heterocycles. The van der Waals surface area contributed by atoms with Crippen LogP contribution in [0.2, 0.25) is 10.3 Å². The molecule has 22 nitrogen and oxygen atoms in total. The van der Waals surface area contributed by atoms with Gasteiger partial charge in [-0.2, -0.15) is 4.98 Å². The van der Waals surface area contributed by atoms with Crippen LogP contribution in [0.4, 0.5) is 57.5 Å². The minimum atomic E-state index is -0.394. The van der Waals surface area contributed by atoms with E-state index in [9.17, 15) is 22.0 Å². The van der Waals surface area contributed by atoms with E-state index < -0.39 is 11.6 Å². The number of hydrazine groups is 1. The zero-order valence-corrected chi connectivity index (χ0v) is 53.2. The van der Waals surface area contributed by atoms with Crippen LogP contribution in [0, 0.1) is 42.9 Å². The van der Waals surface area contributed by atoms with Crippen LogP contribution in [0.15, 0.2) is 166 Å². The summed E-state index contributed by atoms with van der Waals surface area (Å²) < 4.78 is 73.4. The Labute approximate surface area is 547 Å². The number of halogens is 10. The number of aromatic nitrogens is 15. The highest BCUT2D eigenvalue weighted by atomic mass is 79.9. The average molecular weight is 1470 g/mol. The molecule has 0 aliphatic carbocycles. The van der Waals surface area contributed by atoms with Crippen molar-refractivity contribution in [3.8, 4) is 67.4 Å². The van der Waals surface area contributed by atoms with Gasteiger partial charge in [-0.05, 0) is 140 Å². The minimum absolute atomic E-state index is 0.00598. The molecule has 0 amide bonds. The summed E-state index contributed by atoms with van der Waals surface area (Å²) in [6, 6.07) is 36.9. The highest BCUT2D eigenvalue weighted by Crippen LogP contribution is 2.38. The maximum absolute atomic E-state index is 14.5. The van der Waals surface area contributed by atoms with Crippen molar-refractivity contribution < 1.29 is 22.0 Å². The molecule has 0 fully saturated rings. The molecule has 13 aromatic rings. The van der Waals surface area contributed by atoms with Gasteiger partial charge in [0.1, 0.15) is 52.0 Å². The fourth-order valence-electron chi connectivity index (χ4n) is 8.61. The number of fused-ring (bicyclic) bond motifs is 2. The second-order valence-electron chi connectivity index (χ2n) is 18.6. The first-order valence-corrected chi connectivity index (χ1v) is 29.2. The van der Waals surface area contributed by atoms with Gasteiger partial charge >= 0.3 is 0 Å². The smallest absolute Gasteiger partial charge is 0.222 e. The third-order valence-corrected chi connectivity index (χ3v) is 15.4. The van der Waals surface area contributed by atoms with Crippen molar-refractivity contribution in [1.82, 2.24) is 74.1 Å². The van der Waals surface area contributed by atoms with Crippen LogP contribution in [0.25, 0.3) is 78.7 Å². The summed E-state index contributed by atoms with van der Waals surface area (Å²) in [6.45, 7) is 3.82. The Hall–Kier alpha value is -9.98. The van der Waals surface area contributed by atoms with E-state index in [1.54, 1.807) is 95.4 Å². The second kappa shape index (κ2) is 29.1. The SMILES string of the molecule is Cc1cc(-c2c(-c3ccccc3F)nc(N)n3cnnc23)cc(C)n1.NNc1nc(N)nc(-c2ccccc2F)c1Br.Nc1nc(-c2ccccc2F)c(Br)c2nncn12.Nc1nc(Cl)c(Br)c(-c2ccccc2F)n1.Nc1nc(Cl)cc(-c2ccccc2F)n1. The molecule has 460 valence electrons. The van der Waals surface area contributed by atoms with Crippen molar-refractivity contribution in [3.05, 3.63) is 216 Å². The number of benzene rings is 5. The molecule has 0 saturated carbocycles. The quantitative estimate of drug-likeness (QED) is 0.0337. The van der Waals surface area contributed by atoms with Crippen LogP contribution in [-0.2, 0) is 0 Å². The van der Waals surface area contributed by atoms with Gasteiger partial charge in [0, 0.05) is 45.3 Å². The van der Waals surface area contributed by atoms with E-state index in [1.165, 1.54) is 53.5 Å². The number of nitrogen functional groups attached to an aromatic ring is 6. The van der Waals surface area contributed by atoms with Crippen molar-refractivity contribution in [2.45, 2.75) is 13.8 Å². The first kappa shape index (κ1) is 65.5. The van der Waals surface area contributed by atoms with E-state index >= 15 is 0 Å². The first-order valence-electron chi connectivity index (χ1n) is 26.0. The third kappa shape index (κ3) is 15.2. The van der Waals surface area contributed by atoms with Crippen LogP contribution in [0.3, 0.4) is 0 Å². The van der Waals surface area contributed by atoms with Gasteiger partial charge < -0.3 is 34.1 Å². The summed E-state index contributed by atoms with van der Waals surface area (Å²) in [5.41, 5.74) is 38.5. The van der Waals surface area contributed by atoms with E-state index in [0.717, 1.165) is 17.0 Å². The van der Waals surface area contributed by atoms with Gasteiger partial charge in [0.05, 0.1) is 47.5 Å². The van der Waals surface area contributed by atoms with Gasteiger partial charge in [-0.25, -0.2) is 62.7 Å². The molecule has 0 spiro atoms. The zero-order valence-electron chi connectivity index (χ0n) is 46.9. The summed E-state index contributed by atoms with van der Waals surface area (Å²) in [5.74, 6) is 4.14. The molecule has 8 aromatic heterocycles. The lowest BCUT2D eigenvalue weighted by molar-refractivity contribution is 0.630. The fourth-order valence-corrected chi connectivity index (χ4v) is 10.4. The van der Waals surface area contributed by atoms with Crippen LogP contribution in [0.5, 0.6) is 0 Å². The Bertz CT molecular complexity index is 4780. The Kier molecular flexibility index (Phi) is 20.9. The molecule has 0 unspecified atom stereocenters. The molecule has 13 rings (SSSR count). The van der Waals surface area contributed by atoms with Gasteiger partial charge in [0.25, 0.3) is 0 Å². The lowest BCUT2D eigenvalue weighted by atomic mass is 9.99. The first-order chi connectivity index (χ1) is 43.6. The number of aryl methyl sites for hydroxylation is 2. The number of rotatable bonds is 7. The van der Waals surface area contributed by atoms with Crippen LogP contribution < -0.4 is 39.9 Å². The zero-order chi connectivity index (χ0) is 65.2. The maximum atomic E-state index is 14.5. The van der Waals surface area contributed by atoms with Crippen LogP contribution in [0.1, 0.15) is 11.4 Å². The lowest BCUT2D eigenvalue weighted by Crippen LogP contribution is -2.12. The van der Waals surface area contributed by atoms with E-state index in [4.69, 9.17) is 57.7 Å². The molecule has 0 bridgehead atoms. The summed E-state index contributed by atoms with van der Waals surface area (Å²) in [5, 5.41) is 16.1. The molecule has 0 atom stereocenters. The average Bonchev–Trinajstić information content (AvgIpc) is 1.81. The van der Waals surface area contributed by atoms with Gasteiger partial charge in [0.2, 0.25) is 29.7 Å².